The molecule has 32 heavy (non-hydrogen) atoms. The maximum absolute atomic E-state index is 13.4. The van der Waals surface area contributed by atoms with Crippen LogP contribution in [0.5, 0.6) is 0 Å². The third-order valence-electron chi connectivity index (χ3n) is 5.38. The topological polar surface area (TPSA) is 60.2 Å². The van der Waals surface area contributed by atoms with Crippen LogP contribution in [0, 0.1) is 12.7 Å². The number of aryl methyl sites for hydroxylation is 1. The lowest BCUT2D eigenvalue weighted by molar-refractivity contribution is 0.103. The number of benzene rings is 3. The number of β-amino-alcohol motifs (C(OH)–C–C–N with tert-alkyl or cyclic N) is 1. The maximum atomic E-state index is 13.4. The van der Waals surface area contributed by atoms with Gasteiger partial charge in [0, 0.05) is 24.3 Å². The molecule has 2 N–H and O–H groups in total. The summed E-state index contributed by atoms with van der Waals surface area (Å²) in [6.45, 7) is 3.27. The van der Waals surface area contributed by atoms with Crippen LogP contribution in [0.3, 0.4) is 0 Å². The highest BCUT2D eigenvalue weighted by Gasteiger charge is 2.22. The number of nitrogens with zero attached hydrogens (tertiary/aromatic N) is 3. The van der Waals surface area contributed by atoms with Gasteiger partial charge in [-0.2, -0.15) is 4.99 Å². The molecule has 0 radical (unpaired) electrons. The summed E-state index contributed by atoms with van der Waals surface area (Å²) in [5, 5.41) is 13.6. The summed E-state index contributed by atoms with van der Waals surface area (Å²) in [6.07, 6.45) is 1.24. The minimum absolute atomic E-state index is 0.293. The Balaban J connectivity index is 1.79. The zero-order valence-corrected chi connectivity index (χ0v) is 18.1. The monoisotopic (exact) mass is 430 g/mol. The molecular formula is C26H27FN4O. The molecule has 1 aliphatic rings. The number of anilines is 1. The second-order valence-electron chi connectivity index (χ2n) is 7.90. The number of hydrogen-bond donors (Lipinski definition) is 2. The number of halogens is 1. The number of aliphatic imine (C=N–C) groups is 2. The Morgan fingerprint density at radius 2 is 1.72 bits per heavy atom. The molecule has 0 aliphatic carbocycles. The van der Waals surface area contributed by atoms with Crippen molar-refractivity contribution in [2.24, 2.45) is 9.98 Å². The van der Waals surface area contributed by atoms with E-state index in [1.807, 2.05) is 66.4 Å². The molecule has 1 heterocycles. The second-order valence-corrected chi connectivity index (χ2v) is 7.90. The highest BCUT2D eigenvalue weighted by atomic mass is 19.1. The van der Waals surface area contributed by atoms with Crippen LogP contribution in [-0.4, -0.2) is 41.0 Å². The molecule has 164 valence electrons. The number of aliphatic hydroxyl groups is 1. The first kappa shape index (κ1) is 21.7. The fourth-order valence-electron chi connectivity index (χ4n) is 3.68. The van der Waals surface area contributed by atoms with E-state index >= 15 is 0 Å². The molecule has 1 saturated heterocycles. The molecule has 6 heteroatoms. The van der Waals surface area contributed by atoms with Gasteiger partial charge in [-0.3, -0.25) is 0 Å². The van der Waals surface area contributed by atoms with Crippen molar-refractivity contribution in [2.45, 2.75) is 25.9 Å². The van der Waals surface area contributed by atoms with Gasteiger partial charge >= 0.3 is 0 Å². The van der Waals surface area contributed by atoms with Gasteiger partial charge in [0.1, 0.15) is 11.7 Å². The quantitative estimate of drug-likeness (QED) is 0.447. The molecule has 1 unspecified atom stereocenters. The zero-order chi connectivity index (χ0) is 22.3. The number of piperidine rings is 1. The largest absolute Gasteiger partial charge is 0.391 e. The zero-order valence-electron chi connectivity index (χ0n) is 18.1. The molecule has 0 aromatic heterocycles. The molecule has 0 bridgehead atoms. The van der Waals surface area contributed by atoms with Gasteiger partial charge in [0.15, 0.2) is 0 Å². The molecular weight excluding hydrogens is 403 g/mol. The summed E-state index contributed by atoms with van der Waals surface area (Å²) in [5.74, 6) is 0.853. The number of para-hydroxylation sites is 1. The van der Waals surface area contributed by atoms with Crippen molar-refractivity contribution >= 4 is 23.2 Å². The molecule has 0 saturated carbocycles. The fourth-order valence-corrected chi connectivity index (χ4v) is 3.68. The SMILES string of the molecule is Cc1ccccc1/C(=N/C(=Nc1ccccc1)N1CCCC(O)C1)Nc1ccc(F)cc1. The van der Waals surface area contributed by atoms with Crippen molar-refractivity contribution < 1.29 is 9.50 Å². The highest BCUT2D eigenvalue weighted by Crippen LogP contribution is 2.19. The fraction of sp³-hybridized carbons (Fsp3) is 0.231. The highest BCUT2D eigenvalue weighted by molar-refractivity contribution is 6.14. The smallest absolute Gasteiger partial charge is 0.227 e. The summed E-state index contributed by atoms with van der Waals surface area (Å²) in [5.41, 5.74) is 3.50. The Hall–Kier alpha value is -3.51. The minimum atomic E-state index is -0.410. The Labute approximate surface area is 188 Å². The molecule has 4 rings (SSSR count). The van der Waals surface area contributed by atoms with Crippen molar-refractivity contribution in [2.75, 3.05) is 18.4 Å². The third kappa shape index (κ3) is 5.59. The summed E-state index contributed by atoms with van der Waals surface area (Å²) in [4.78, 5) is 11.8. The second kappa shape index (κ2) is 10.2. The summed E-state index contributed by atoms with van der Waals surface area (Å²) in [6, 6.07) is 23.8. The molecule has 3 aromatic rings. The normalized spacial score (nSPS) is 17.3. The van der Waals surface area contributed by atoms with E-state index in [0.717, 1.165) is 41.9 Å². The van der Waals surface area contributed by atoms with Crippen LogP contribution in [0.1, 0.15) is 24.0 Å². The molecule has 0 spiro atoms. The summed E-state index contributed by atoms with van der Waals surface area (Å²) in [7, 11) is 0. The van der Waals surface area contributed by atoms with Crippen molar-refractivity contribution in [3.63, 3.8) is 0 Å². The molecule has 0 amide bonds. The van der Waals surface area contributed by atoms with Gasteiger partial charge in [-0.15, -0.1) is 0 Å². The summed E-state index contributed by atoms with van der Waals surface area (Å²) < 4.78 is 13.4. The first-order valence-electron chi connectivity index (χ1n) is 10.8. The number of guanidine groups is 1. The first-order chi connectivity index (χ1) is 15.6. The molecule has 1 fully saturated rings. The van der Waals surface area contributed by atoms with E-state index in [4.69, 9.17) is 9.98 Å². The Morgan fingerprint density at radius 3 is 2.44 bits per heavy atom. The van der Waals surface area contributed by atoms with E-state index in [1.165, 1.54) is 12.1 Å². The van der Waals surface area contributed by atoms with Crippen LogP contribution in [0.2, 0.25) is 0 Å². The third-order valence-corrected chi connectivity index (χ3v) is 5.38. The average Bonchev–Trinajstić information content (AvgIpc) is 2.80. The van der Waals surface area contributed by atoms with Crippen LogP contribution >= 0.6 is 0 Å². The number of amidine groups is 1. The van der Waals surface area contributed by atoms with Crippen molar-refractivity contribution in [3.8, 4) is 0 Å². The maximum Gasteiger partial charge on any atom is 0.227 e. The van der Waals surface area contributed by atoms with E-state index in [0.29, 0.717) is 18.3 Å². The van der Waals surface area contributed by atoms with Crippen LogP contribution < -0.4 is 5.32 Å². The van der Waals surface area contributed by atoms with Gasteiger partial charge in [-0.05, 0) is 61.7 Å². The van der Waals surface area contributed by atoms with Crippen LogP contribution in [0.4, 0.5) is 15.8 Å². The van der Waals surface area contributed by atoms with Crippen LogP contribution in [-0.2, 0) is 0 Å². The number of likely N-dealkylation sites (tertiary alicyclic amines) is 1. The first-order valence-corrected chi connectivity index (χ1v) is 10.8. The van der Waals surface area contributed by atoms with E-state index in [9.17, 15) is 9.50 Å². The average molecular weight is 431 g/mol. The molecule has 1 atom stereocenters. The summed E-state index contributed by atoms with van der Waals surface area (Å²) >= 11 is 0. The Bertz CT molecular complexity index is 1100. The van der Waals surface area contributed by atoms with Gasteiger partial charge in [0.2, 0.25) is 5.96 Å². The van der Waals surface area contributed by atoms with Crippen LogP contribution in [0.25, 0.3) is 0 Å². The molecule has 5 nitrogen and oxygen atoms in total. The van der Waals surface area contributed by atoms with Crippen molar-refractivity contribution in [3.05, 3.63) is 95.8 Å². The Kier molecular flexibility index (Phi) is 6.92. The van der Waals surface area contributed by atoms with Gasteiger partial charge < -0.3 is 15.3 Å². The van der Waals surface area contributed by atoms with Gasteiger partial charge in [-0.25, -0.2) is 9.38 Å². The predicted molar refractivity (Wildman–Crippen MR) is 128 cm³/mol. The van der Waals surface area contributed by atoms with E-state index in [1.54, 1.807) is 12.1 Å². The van der Waals surface area contributed by atoms with Gasteiger partial charge in [0.25, 0.3) is 0 Å². The molecule has 3 aromatic carbocycles. The van der Waals surface area contributed by atoms with Crippen LogP contribution in [0.15, 0.2) is 88.8 Å². The number of aliphatic hydroxyl groups excluding tert-OH is 1. The lowest BCUT2D eigenvalue weighted by atomic mass is 10.1. The van der Waals surface area contributed by atoms with Gasteiger partial charge in [0.05, 0.1) is 11.8 Å². The van der Waals surface area contributed by atoms with E-state index in [2.05, 4.69) is 5.32 Å². The molecule has 1 aliphatic heterocycles. The van der Waals surface area contributed by atoms with Crippen molar-refractivity contribution in [1.82, 2.24) is 4.90 Å². The Morgan fingerprint density at radius 1 is 1.00 bits per heavy atom. The number of hydrogen-bond acceptors (Lipinski definition) is 2. The predicted octanol–water partition coefficient (Wildman–Crippen LogP) is 5.14. The van der Waals surface area contributed by atoms with E-state index < -0.39 is 6.10 Å². The lowest BCUT2D eigenvalue weighted by Crippen LogP contribution is -2.42. The lowest BCUT2D eigenvalue weighted by Gasteiger charge is -2.31. The van der Waals surface area contributed by atoms with Crippen molar-refractivity contribution in [1.29, 1.82) is 0 Å². The number of nitrogens with one attached hydrogen (secondary N) is 1. The standard InChI is InChI=1S/C26H27FN4O/c1-19-8-5-6-12-24(19)25(28-22-15-13-20(27)14-16-22)30-26(29-21-9-3-2-4-10-21)31-17-7-11-23(32)18-31/h2-6,8-10,12-16,23,32H,7,11,17-18H2,1H3,(H,28,29,30). The number of rotatable bonds is 3. The van der Waals surface area contributed by atoms with E-state index in [-0.39, 0.29) is 5.82 Å². The minimum Gasteiger partial charge on any atom is -0.391 e. The van der Waals surface area contributed by atoms with Gasteiger partial charge in [-0.1, -0.05) is 42.5 Å².